The molecule has 3 N–H and O–H groups in total. The second kappa shape index (κ2) is 10.6. The van der Waals surface area contributed by atoms with Gasteiger partial charge in [-0.05, 0) is 11.4 Å². The van der Waals surface area contributed by atoms with Crippen LogP contribution < -0.4 is 16.0 Å². The van der Waals surface area contributed by atoms with Crippen LogP contribution in [-0.2, 0) is 9.53 Å². The Kier molecular flexibility index (Phi) is 8.53. The van der Waals surface area contributed by atoms with Gasteiger partial charge in [-0.3, -0.25) is 14.7 Å². The van der Waals surface area contributed by atoms with Crippen LogP contribution in [0.2, 0.25) is 0 Å². The maximum absolute atomic E-state index is 11.9. The van der Waals surface area contributed by atoms with Crippen molar-refractivity contribution in [2.24, 2.45) is 10.4 Å². The van der Waals surface area contributed by atoms with Crippen LogP contribution >= 0.6 is 11.3 Å². The number of thiophene rings is 1. The van der Waals surface area contributed by atoms with Gasteiger partial charge in [0.1, 0.15) is 0 Å². The van der Waals surface area contributed by atoms with E-state index in [1.54, 1.807) is 18.4 Å². The average Bonchev–Trinajstić information content (AvgIpc) is 3.18. The first-order valence-electron chi connectivity index (χ1n) is 9.50. The summed E-state index contributed by atoms with van der Waals surface area (Å²) >= 11 is 1.78. The molecule has 1 unspecified atom stereocenters. The number of amides is 1. The van der Waals surface area contributed by atoms with E-state index in [9.17, 15) is 4.79 Å². The summed E-state index contributed by atoms with van der Waals surface area (Å²) in [4.78, 5) is 20.0. The number of aliphatic imine (C=N–C) groups is 1. The van der Waals surface area contributed by atoms with E-state index in [1.165, 1.54) is 4.88 Å². The van der Waals surface area contributed by atoms with E-state index in [1.807, 2.05) is 20.8 Å². The third kappa shape index (κ3) is 7.12. The van der Waals surface area contributed by atoms with Gasteiger partial charge in [-0.1, -0.05) is 26.8 Å². The van der Waals surface area contributed by atoms with E-state index in [0.29, 0.717) is 19.1 Å². The van der Waals surface area contributed by atoms with Gasteiger partial charge in [0.2, 0.25) is 5.91 Å². The van der Waals surface area contributed by atoms with Gasteiger partial charge in [-0.25, -0.2) is 0 Å². The van der Waals surface area contributed by atoms with Gasteiger partial charge in [0.25, 0.3) is 0 Å². The van der Waals surface area contributed by atoms with E-state index in [-0.39, 0.29) is 11.3 Å². The number of carbonyl (C=O) groups is 1. The number of rotatable bonds is 7. The van der Waals surface area contributed by atoms with Crippen LogP contribution in [0.4, 0.5) is 0 Å². The summed E-state index contributed by atoms with van der Waals surface area (Å²) in [5, 5.41) is 11.7. The number of guanidine groups is 1. The summed E-state index contributed by atoms with van der Waals surface area (Å²) in [7, 11) is 1.76. The lowest BCUT2D eigenvalue weighted by molar-refractivity contribution is -0.128. The molecule has 1 aliphatic heterocycles. The monoisotopic (exact) mass is 395 g/mol. The van der Waals surface area contributed by atoms with Crippen molar-refractivity contribution in [3.63, 3.8) is 0 Å². The average molecular weight is 396 g/mol. The SMILES string of the molecule is CN=C(NCCNC(=O)C(C)(C)C)NCC(c1cccs1)N1CCOCC1. The van der Waals surface area contributed by atoms with Crippen molar-refractivity contribution >= 4 is 23.2 Å². The molecular weight excluding hydrogens is 362 g/mol. The number of morpholine rings is 1. The fourth-order valence-electron chi connectivity index (χ4n) is 2.82. The molecule has 1 aromatic heterocycles. The van der Waals surface area contributed by atoms with Gasteiger partial charge in [0, 0.05) is 50.1 Å². The van der Waals surface area contributed by atoms with Crippen molar-refractivity contribution in [1.29, 1.82) is 0 Å². The molecule has 27 heavy (non-hydrogen) atoms. The molecule has 2 heterocycles. The molecule has 0 radical (unpaired) electrons. The maximum Gasteiger partial charge on any atom is 0.225 e. The van der Waals surface area contributed by atoms with Crippen molar-refractivity contribution < 1.29 is 9.53 Å². The lowest BCUT2D eigenvalue weighted by atomic mass is 9.96. The molecule has 1 aliphatic rings. The Labute approximate surface area is 166 Å². The molecular formula is C19H33N5O2S. The minimum Gasteiger partial charge on any atom is -0.379 e. The zero-order valence-electron chi connectivity index (χ0n) is 16.9. The number of nitrogens with one attached hydrogen (secondary N) is 3. The minimum absolute atomic E-state index is 0.0531. The zero-order chi connectivity index (χ0) is 19.7. The molecule has 0 bridgehead atoms. The van der Waals surface area contributed by atoms with Crippen molar-refractivity contribution in [2.75, 3.05) is 53.0 Å². The first-order valence-corrected chi connectivity index (χ1v) is 10.4. The Hall–Kier alpha value is -1.64. The van der Waals surface area contributed by atoms with E-state index >= 15 is 0 Å². The summed E-state index contributed by atoms with van der Waals surface area (Å²) in [6.07, 6.45) is 0. The predicted molar refractivity (Wildman–Crippen MR) is 111 cm³/mol. The van der Waals surface area contributed by atoms with Crippen molar-refractivity contribution in [3.05, 3.63) is 22.4 Å². The second-order valence-electron chi connectivity index (χ2n) is 7.57. The normalized spacial score (nSPS) is 17.4. The Balaban J connectivity index is 1.81. The highest BCUT2D eigenvalue weighted by Gasteiger charge is 2.24. The summed E-state index contributed by atoms with van der Waals surface area (Å²) < 4.78 is 5.49. The summed E-state index contributed by atoms with van der Waals surface area (Å²) in [6, 6.07) is 4.58. The molecule has 1 saturated heterocycles. The molecule has 2 rings (SSSR count). The molecule has 1 aromatic rings. The third-order valence-electron chi connectivity index (χ3n) is 4.43. The molecule has 1 fully saturated rings. The topological polar surface area (TPSA) is 78.0 Å². The summed E-state index contributed by atoms with van der Waals surface area (Å²) in [6.45, 7) is 11.1. The number of hydrogen-bond acceptors (Lipinski definition) is 5. The fraction of sp³-hybridized carbons (Fsp3) is 0.684. The van der Waals surface area contributed by atoms with Crippen LogP contribution in [0.3, 0.4) is 0 Å². The van der Waals surface area contributed by atoms with Crippen LogP contribution in [0.25, 0.3) is 0 Å². The molecule has 1 amide bonds. The largest absolute Gasteiger partial charge is 0.379 e. The molecule has 1 atom stereocenters. The quantitative estimate of drug-likeness (QED) is 0.370. The van der Waals surface area contributed by atoms with Crippen LogP contribution in [-0.4, -0.2) is 69.8 Å². The van der Waals surface area contributed by atoms with Gasteiger partial charge in [0.05, 0.1) is 19.3 Å². The fourth-order valence-corrected chi connectivity index (χ4v) is 3.68. The molecule has 0 spiro atoms. The molecule has 0 aromatic carbocycles. The molecule has 7 nitrogen and oxygen atoms in total. The Bertz CT molecular complexity index is 592. The third-order valence-corrected chi connectivity index (χ3v) is 5.40. The molecule has 0 aliphatic carbocycles. The Morgan fingerprint density at radius 2 is 1.96 bits per heavy atom. The molecule has 8 heteroatoms. The smallest absolute Gasteiger partial charge is 0.225 e. The standard InChI is InChI=1S/C19H33N5O2S/c1-19(2,3)17(25)21-7-8-22-18(20-4)23-14-15(16-6-5-13-27-16)24-9-11-26-12-10-24/h5-6,13,15H,7-12,14H2,1-4H3,(H,21,25)(H2,20,22,23). The molecule has 0 saturated carbocycles. The lowest BCUT2D eigenvalue weighted by Crippen LogP contribution is -2.47. The van der Waals surface area contributed by atoms with Crippen molar-refractivity contribution in [2.45, 2.75) is 26.8 Å². The van der Waals surface area contributed by atoms with E-state index in [0.717, 1.165) is 38.8 Å². The summed E-state index contributed by atoms with van der Waals surface area (Å²) in [5.41, 5.74) is -0.369. The van der Waals surface area contributed by atoms with Crippen LogP contribution in [0, 0.1) is 5.41 Å². The first-order chi connectivity index (χ1) is 12.9. The Morgan fingerprint density at radius 1 is 1.26 bits per heavy atom. The van der Waals surface area contributed by atoms with E-state index < -0.39 is 0 Å². The second-order valence-corrected chi connectivity index (χ2v) is 8.54. The Morgan fingerprint density at radius 3 is 2.56 bits per heavy atom. The van der Waals surface area contributed by atoms with Crippen molar-refractivity contribution in [3.8, 4) is 0 Å². The van der Waals surface area contributed by atoms with Gasteiger partial charge < -0.3 is 20.7 Å². The van der Waals surface area contributed by atoms with Crippen molar-refractivity contribution in [1.82, 2.24) is 20.9 Å². The highest BCUT2D eigenvalue weighted by molar-refractivity contribution is 7.10. The predicted octanol–water partition coefficient (Wildman–Crippen LogP) is 1.45. The zero-order valence-corrected chi connectivity index (χ0v) is 17.7. The lowest BCUT2D eigenvalue weighted by Gasteiger charge is -2.34. The van der Waals surface area contributed by atoms with Gasteiger partial charge in [0.15, 0.2) is 5.96 Å². The van der Waals surface area contributed by atoms with E-state index in [4.69, 9.17) is 4.74 Å². The highest BCUT2D eigenvalue weighted by atomic mass is 32.1. The molecule has 152 valence electrons. The van der Waals surface area contributed by atoms with Crippen LogP contribution in [0.15, 0.2) is 22.5 Å². The highest BCUT2D eigenvalue weighted by Crippen LogP contribution is 2.25. The van der Waals surface area contributed by atoms with Gasteiger partial charge in [-0.2, -0.15) is 0 Å². The maximum atomic E-state index is 11.9. The summed E-state index contributed by atoms with van der Waals surface area (Å²) in [5.74, 6) is 0.798. The number of nitrogens with zero attached hydrogens (tertiary/aromatic N) is 2. The minimum atomic E-state index is -0.369. The first kappa shape index (κ1) is 21.7. The van der Waals surface area contributed by atoms with E-state index in [2.05, 4.69) is 43.4 Å². The van der Waals surface area contributed by atoms with Crippen LogP contribution in [0.1, 0.15) is 31.7 Å². The van der Waals surface area contributed by atoms with Crippen LogP contribution in [0.5, 0.6) is 0 Å². The van der Waals surface area contributed by atoms with Gasteiger partial charge >= 0.3 is 0 Å². The number of ether oxygens (including phenoxy) is 1. The number of carbonyl (C=O) groups excluding carboxylic acids is 1. The van der Waals surface area contributed by atoms with Gasteiger partial charge in [-0.15, -0.1) is 11.3 Å². The number of hydrogen-bond donors (Lipinski definition) is 3.